The summed E-state index contributed by atoms with van der Waals surface area (Å²) in [5.74, 6) is 1.78. The van der Waals surface area contributed by atoms with Gasteiger partial charge in [0.25, 0.3) is 0 Å². The molecule has 1 nitrogen and oxygen atoms in total. The summed E-state index contributed by atoms with van der Waals surface area (Å²) < 4.78 is 0. The van der Waals surface area contributed by atoms with Crippen molar-refractivity contribution in [2.45, 2.75) is 25.7 Å². The van der Waals surface area contributed by atoms with Gasteiger partial charge in [0, 0.05) is 18.7 Å². The van der Waals surface area contributed by atoms with Gasteiger partial charge in [-0.2, -0.15) is 0 Å². The summed E-state index contributed by atoms with van der Waals surface area (Å²) >= 11 is 0. The van der Waals surface area contributed by atoms with E-state index in [0.717, 1.165) is 18.4 Å². The standard InChI is InChI=1S/C9H14N/c1-2-4-8(3-1)9-5-6-10-7-9/h5-6,8-9H,1-4,7H2. The van der Waals surface area contributed by atoms with Crippen LogP contribution in [0.4, 0.5) is 0 Å². The highest BCUT2D eigenvalue weighted by atomic mass is 14.9. The fraction of sp³-hybridized carbons (Fsp3) is 0.778. The highest BCUT2D eigenvalue weighted by molar-refractivity contribution is 4.98. The van der Waals surface area contributed by atoms with Crippen LogP contribution in [-0.2, 0) is 0 Å². The van der Waals surface area contributed by atoms with Gasteiger partial charge < -0.3 is 0 Å². The fourth-order valence-corrected chi connectivity index (χ4v) is 2.11. The van der Waals surface area contributed by atoms with Crippen molar-refractivity contribution < 1.29 is 0 Å². The molecule has 0 amide bonds. The highest BCUT2D eigenvalue weighted by Crippen LogP contribution is 2.32. The predicted molar refractivity (Wildman–Crippen MR) is 41.6 cm³/mol. The first kappa shape index (κ1) is 6.26. The lowest BCUT2D eigenvalue weighted by Crippen LogP contribution is -2.12. The second-order valence-corrected chi connectivity index (χ2v) is 3.42. The molecule has 0 aromatic heterocycles. The van der Waals surface area contributed by atoms with E-state index in [-0.39, 0.29) is 0 Å². The number of hydrogen-bond donors (Lipinski definition) is 0. The Balaban J connectivity index is 1.91. The molecule has 1 fully saturated rings. The van der Waals surface area contributed by atoms with Crippen molar-refractivity contribution >= 4 is 0 Å². The van der Waals surface area contributed by atoms with Gasteiger partial charge in [-0.25, -0.2) is 0 Å². The van der Waals surface area contributed by atoms with E-state index in [4.69, 9.17) is 0 Å². The topological polar surface area (TPSA) is 14.1 Å². The van der Waals surface area contributed by atoms with Crippen LogP contribution >= 0.6 is 0 Å². The first-order valence-corrected chi connectivity index (χ1v) is 4.30. The number of rotatable bonds is 1. The minimum atomic E-state index is 0.808. The van der Waals surface area contributed by atoms with Crippen LogP contribution in [-0.4, -0.2) is 6.54 Å². The Morgan fingerprint density at radius 2 is 2.00 bits per heavy atom. The van der Waals surface area contributed by atoms with Crippen molar-refractivity contribution in [2.75, 3.05) is 6.54 Å². The molecule has 1 atom stereocenters. The number of nitrogens with zero attached hydrogens (tertiary/aromatic N) is 1. The van der Waals surface area contributed by atoms with Crippen LogP contribution < -0.4 is 5.32 Å². The van der Waals surface area contributed by atoms with Gasteiger partial charge in [-0.15, -0.1) is 0 Å². The summed E-state index contributed by atoms with van der Waals surface area (Å²) in [5, 5.41) is 4.23. The first-order valence-electron chi connectivity index (χ1n) is 4.30. The van der Waals surface area contributed by atoms with Gasteiger partial charge in [-0.05, 0) is 18.8 Å². The molecule has 1 aliphatic carbocycles. The maximum Gasteiger partial charge on any atom is 0.0455 e. The normalized spacial score (nSPS) is 33.0. The van der Waals surface area contributed by atoms with E-state index in [9.17, 15) is 0 Å². The molecule has 1 heteroatoms. The number of hydrogen-bond acceptors (Lipinski definition) is 0. The Kier molecular flexibility index (Phi) is 1.66. The lowest BCUT2D eigenvalue weighted by Gasteiger charge is -2.13. The minimum Gasteiger partial charge on any atom is -0.293 e. The van der Waals surface area contributed by atoms with Gasteiger partial charge in [0.2, 0.25) is 0 Å². The Labute approximate surface area is 62.5 Å². The molecule has 10 heavy (non-hydrogen) atoms. The smallest absolute Gasteiger partial charge is 0.0455 e. The van der Waals surface area contributed by atoms with Crippen molar-refractivity contribution in [3.05, 3.63) is 12.3 Å². The zero-order valence-electron chi connectivity index (χ0n) is 6.29. The molecule has 1 unspecified atom stereocenters. The van der Waals surface area contributed by atoms with E-state index < -0.39 is 0 Å². The van der Waals surface area contributed by atoms with E-state index in [0.29, 0.717) is 0 Å². The third kappa shape index (κ3) is 1.05. The van der Waals surface area contributed by atoms with E-state index in [1.165, 1.54) is 25.7 Å². The molecule has 0 bridgehead atoms. The quantitative estimate of drug-likeness (QED) is 0.523. The Bertz CT molecular complexity index is 134. The summed E-state index contributed by atoms with van der Waals surface area (Å²) in [6, 6.07) is 0. The largest absolute Gasteiger partial charge is 0.293 e. The van der Waals surface area contributed by atoms with Crippen molar-refractivity contribution in [1.29, 1.82) is 0 Å². The first-order chi connectivity index (χ1) is 4.97. The fourth-order valence-electron chi connectivity index (χ4n) is 2.11. The van der Waals surface area contributed by atoms with E-state index >= 15 is 0 Å². The third-order valence-electron chi connectivity index (χ3n) is 2.76. The minimum absolute atomic E-state index is 0.808. The summed E-state index contributed by atoms with van der Waals surface area (Å²) in [4.78, 5) is 0. The van der Waals surface area contributed by atoms with Crippen LogP contribution in [0.1, 0.15) is 25.7 Å². The van der Waals surface area contributed by atoms with Crippen LogP contribution in [0.5, 0.6) is 0 Å². The molecular weight excluding hydrogens is 122 g/mol. The Morgan fingerprint density at radius 3 is 2.60 bits per heavy atom. The van der Waals surface area contributed by atoms with Gasteiger partial charge in [-0.3, -0.25) is 5.32 Å². The predicted octanol–water partition coefficient (Wildman–Crippen LogP) is 1.92. The SMILES string of the molecule is C1=CC(C2CCCC2)C[N]1. The highest BCUT2D eigenvalue weighted by Gasteiger charge is 2.24. The molecule has 0 aromatic carbocycles. The molecule has 1 heterocycles. The summed E-state index contributed by atoms with van der Waals surface area (Å²) in [6.07, 6.45) is 10.1. The molecule has 55 valence electrons. The van der Waals surface area contributed by atoms with Crippen LogP contribution in [0.2, 0.25) is 0 Å². The van der Waals surface area contributed by atoms with Crippen molar-refractivity contribution in [3.63, 3.8) is 0 Å². The lowest BCUT2D eigenvalue weighted by molar-refractivity contribution is 0.413. The van der Waals surface area contributed by atoms with Crippen LogP contribution in [0.15, 0.2) is 12.3 Å². The average molecular weight is 136 g/mol. The summed E-state index contributed by atoms with van der Waals surface area (Å²) in [7, 11) is 0. The summed E-state index contributed by atoms with van der Waals surface area (Å²) in [6.45, 7) is 1.07. The van der Waals surface area contributed by atoms with Crippen LogP contribution in [0.3, 0.4) is 0 Å². The molecule has 0 spiro atoms. The second-order valence-electron chi connectivity index (χ2n) is 3.42. The van der Waals surface area contributed by atoms with E-state index in [2.05, 4.69) is 11.4 Å². The summed E-state index contributed by atoms with van der Waals surface area (Å²) in [5.41, 5.74) is 0. The van der Waals surface area contributed by atoms with Crippen molar-refractivity contribution in [1.82, 2.24) is 5.32 Å². The Morgan fingerprint density at radius 1 is 1.20 bits per heavy atom. The second kappa shape index (κ2) is 2.65. The van der Waals surface area contributed by atoms with Crippen molar-refractivity contribution in [2.24, 2.45) is 11.8 Å². The molecule has 0 saturated heterocycles. The average Bonchev–Trinajstić information content (AvgIpc) is 2.59. The van der Waals surface area contributed by atoms with Crippen molar-refractivity contribution in [3.8, 4) is 0 Å². The van der Waals surface area contributed by atoms with Crippen LogP contribution in [0, 0.1) is 11.8 Å². The third-order valence-corrected chi connectivity index (χ3v) is 2.76. The Hall–Kier alpha value is -0.460. The van der Waals surface area contributed by atoms with Gasteiger partial charge in [-0.1, -0.05) is 18.9 Å². The molecule has 1 saturated carbocycles. The monoisotopic (exact) mass is 136 g/mol. The van der Waals surface area contributed by atoms with Gasteiger partial charge in [0.05, 0.1) is 0 Å². The maximum absolute atomic E-state index is 4.23. The van der Waals surface area contributed by atoms with Gasteiger partial charge in [0.15, 0.2) is 0 Å². The zero-order chi connectivity index (χ0) is 6.81. The molecule has 0 N–H and O–H groups in total. The van der Waals surface area contributed by atoms with E-state index in [1.54, 1.807) is 0 Å². The molecule has 2 rings (SSSR count). The van der Waals surface area contributed by atoms with Crippen LogP contribution in [0.25, 0.3) is 0 Å². The van der Waals surface area contributed by atoms with Gasteiger partial charge in [0.1, 0.15) is 0 Å². The van der Waals surface area contributed by atoms with E-state index in [1.807, 2.05) is 6.20 Å². The maximum atomic E-state index is 4.23. The molecule has 1 radical (unpaired) electrons. The molecule has 1 aliphatic heterocycles. The molecular formula is C9H14N. The lowest BCUT2D eigenvalue weighted by atomic mass is 9.92. The van der Waals surface area contributed by atoms with Gasteiger partial charge >= 0.3 is 0 Å². The zero-order valence-corrected chi connectivity index (χ0v) is 6.29. The molecule has 2 aliphatic rings. The molecule has 0 aromatic rings.